The molecule has 1 aromatic carbocycles. The summed E-state index contributed by atoms with van der Waals surface area (Å²) in [6, 6.07) is 8.10. The maximum absolute atomic E-state index is 12.8. The Kier molecular flexibility index (Phi) is 4.29. The number of hydrogen-bond acceptors (Lipinski definition) is 4. The predicted octanol–water partition coefficient (Wildman–Crippen LogP) is 2.67. The van der Waals surface area contributed by atoms with Gasteiger partial charge in [-0.15, -0.1) is 10.2 Å². The first-order valence-electron chi connectivity index (χ1n) is 9.15. The van der Waals surface area contributed by atoms with Gasteiger partial charge in [0.05, 0.1) is 5.69 Å². The number of nitrogens with two attached hydrogens (primary N) is 1. The van der Waals surface area contributed by atoms with Crippen LogP contribution < -0.4 is 11.1 Å². The van der Waals surface area contributed by atoms with E-state index in [1.807, 2.05) is 35.8 Å². The lowest BCUT2D eigenvalue weighted by atomic mass is 9.65. The molecule has 0 aliphatic heterocycles. The van der Waals surface area contributed by atoms with E-state index in [1.54, 1.807) is 6.33 Å². The Balaban J connectivity index is 1.47. The first kappa shape index (κ1) is 16.3. The van der Waals surface area contributed by atoms with Gasteiger partial charge in [-0.05, 0) is 62.6 Å². The summed E-state index contributed by atoms with van der Waals surface area (Å²) in [4.78, 5) is 12.8. The monoisotopic (exact) mass is 339 g/mol. The van der Waals surface area contributed by atoms with E-state index in [4.69, 9.17) is 5.73 Å². The molecule has 2 aromatic rings. The maximum Gasteiger partial charge on any atom is 0.227 e. The van der Waals surface area contributed by atoms with Crippen molar-refractivity contribution in [1.82, 2.24) is 14.8 Å². The lowest BCUT2D eigenvalue weighted by Crippen LogP contribution is -2.48. The number of carbonyl (C=O) groups excluding carboxylic acids is 1. The Morgan fingerprint density at radius 2 is 2.04 bits per heavy atom. The highest BCUT2D eigenvalue weighted by molar-refractivity contribution is 5.92. The molecule has 132 valence electrons. The quantitative estimate of drug-likeness (QED) is 0.900. The van der Waals surface area contributed by atoms with E-state index in [0.717, 1.165) is 30.0 Å². The molecule has 0 spiro atoms. The molecule has 2 saturated carbocycles. The summed E-state index contributed by atoms with van der Waals surface area (Å²) in [6.45, 7) is 1.91. The Morgan fingerprint density at radius 1 is 1.28 bits per heavy atom. The van der Waals surface area contributed by atoms with Gasteiger partial charge in [0.2, 0.25) is 5.91 Å². The molecule has 25 heavy (non-hydrogen) atoms. The number of benzene rings is 1. The van der Waals surface area contributed by atoms with E-state index >= 15 is 0 Å². The van der Waals surface area contributed by atoms with Crippen molar-refractivity contribution in [2.75, 3.05) is 5.32 Å². The molecule has 2 atom stereocenters. The minimum Gasteiger partial charge on any atom is -0.327 e. The summed E-state index contributed by atoms with van der Waals surface area (Å²) < 4.78 is 1.90. The fourth-order valence-electron chi connectivity index (χ4n) is 4.53. The van der Waals surface area contributed by atoms with E-state index in [-0.39, 0.29) is 17.9 Å². The second kappa shape index (κ2) is 6.59. The van der Waals surface area contributed by atoms with Crippen molar-refractivity contribution in [3.63, 3.8) is 0 Å². The van der Waals surface area contributed by atoms with Gasteiger partial charge in [-0.2, -0.15) is 0 Å². The smallest absolute Gasteiger partial charge is 0.227 e. The van der Waals surface area contributed by atoms with Crippen molar-refractivity contribution in [2.24, 2.45) is 23.5 Å². The molecule has 2 unspecified atom stereocenters. The largest absolute Gasteiger partial charge is 0.327 e. The molecule has 6 nitrogen and oxygen atoms in total. The second-order valence-electron chi connectivity index (χ2n) is 7.48. The number of rotatable bonds is 3. The second-order valence-corrected chi connectivity index (χ2v) is 7.48. The first-order valence-corrected chi connectivity index (χ1v) is 9.15. The Morgan fingerprint density at radius 3 is 2.72 bits per heavy atom. The fraction of sp³-hybridized carbons (Fsp3) is 0.526. The number of aryl methyl sites for hydroxylation is 1. The minimum absolute atomic E-state index is 0.0791. The van der Waals surface area contributed by atoms with Gasteiger partial charge in [0, 0.05) is 17.6 Å². The zero-order valence-electron chi connectivity index (χ0n) is 14.6. The fourth-order valence-corrected chi connectivity index (χ4v) is 4.53. The van der Waals surface area contributed by atoms with Gasteiger partial charge < -0.3 is 11.1 Å². The summed E-state index contributed by atoms with van der Waals surface area (Å²) in [6.07, 6.45) is 7.13. The van der Waals surface area contributed by atoms with Crippen LogP contribution in [0.15, 0.2) is 30.6 Å². The molecule has 2 fully saturated rings. The lowest BCUT2D eigenvalue weighted by Gasteiger charge is -2.43. The van der Waals surface area contributed by atoms with Crippen molar-refractivity contribution < 1.29 is 4.79 Å². The van der Waals surface area contributed by atoms with Gasteiger partial charge in [0.15, 0.2) is 0 Å². The molecule has 1 heterocycles. The van der Waals surface area contributed by atoms with Crippen LogP contribution in [0.5, 0.6) is 0 Å². The number of nitrogens with one attached hydrogen (secondary N) is 1. The highest BCUT2D eigenvalue weighted by atomic mass is 16.1. The molecular formula is C19H25N5O. The lowest BCUT2D eigenvalue weighted by molar-refractivity contribution is -0.122. The molecule has 6 heteroatoms. The van der Waals surface area contributed by atoms with Crippen LogP contribution in [-0.4, -0.2) is 26.7 Å². The SMILES string of the molecule is Cc1nncn1-c1cccc(NC(=O)C2CC3CCCC(C2)C3N)c1. The van der Waals surface area contributed by atoms with Crippen LogP contribution in [-0.2, 0) is 4.79 Å². The number of nitrogens with zero attached hydrogens (tertiary/aromatic N) is 3. The minimum atomic E-state index is 0.0791. The van der Waals surface area contributed by atoms with Gasteiger partial charge in [0.25, 0.3) is 0 Å². The predicted molar refractivity (Wildman–Crippen MR) is 96.3 cm³/mol. The van der Waals surface area contributed by atoms with E-state index < -0.39 is 0 Å². The molecule has 1 aromatic heterocycles. The number of carbonyl (C=O) groups is 1. The van der Waals surface area contributed by atoms with Gasteiger partial charge >= 0.3 is 0 Å². The molecule has 1 amide bonds. The van der Waals surface area contributed by atoms with Crippen LogP contribution in [0.2, 0.25) is 0 Å². The van der Waals surface area contributed by atoms with Crippen LogP contribution >= 0.6 is 0 Å². The number of fused-ring (bicyclic) bond motifs is 2. The average molecular weight is 339 g/mol. The molecular weight excluding hydrogens is 314 g/mol. The number of amides is 1. The van der Waals surface area contributed by atoms with Crippen molar-refractivity contribution in [1.29, 1.82) is 0 Å². The normalized spacial score (nSPS) is 28.6. The summed E-state index contributed by atoms with van der Waals surface area (Å²) in [5.74, 6) is 2.04. The molecule has 2 aliphatic carbocycles. The van der Waals surface area contributed by atoms with Gasteiger partial charge in [-0.1, -0.05) is 12.5 Å². The summed E-state index contributed by atoms with van der Waals surface area (Å²) in [7, 11) is 0. The van der Waals surface area contributed by atoms with Crippen LogP contribution in [0.1, 0.15) is 37.9 Å². The van der Waals surface area contributed by atoms with Crippen LogP contribution in [0, 0.1) is 24.7 Å². The zero-order chi connectivity index (χ0) is 17.4. The Bertz CT molecular complexity index is 757. The van der Waals surface area contributed by atoms with Crippen LogP contribution in [0.4, 0.5) is 5.69 Å². The highest BCUT2D eigenvalue weighted by Gasteiger charge is 2.40. The molecule has 4 rings (SSSR count). The third-order valence-electron chi connectivity index (χ3n) is 5.89. The van der Waals surface area contributed by atoms with Crippen LogP contribution in [0.3, 0.4) is 0 Å². The first-order chi connectivity index (χ1) is 12.1. The topological polar surface area (TPSA) is 85.8 Å². The Labute approximate surface area is 147 Å². The maximum atomic E-state index is 12.8. The summed E-state index contributed by atoms with van der Waals surface area (Å²) in [5.41, 5.74) is 8.10. The standard InChI is InChI=1S/C19H25N5O/c1-12-23-21-11-24(12)17-7-3-6-16(10-17)22-19(25)15-8-13-4-2-5-14(9-15)18(13)20/h3,6-7,10-11,13-15,18H,2,4-5,8-9,20H2,1H3,(H,22,25). The van der Waals surface area contributed by atoms with Gasteiger partial charge in [0.1, 0.15) is 12.2 Å². The number of hydrogen-bond donors (Lipinski definition) is 2. The summed E-state index contributed by atoms with van der Waals surface area (Å²) >= 11 is 0. The van der Waals surface area contributed by atoms with E-state index in [1.165, 1.54) is 19.3 Å². The molecule has 0 radical (unpaired) electrons. The van der Waals surface area contributed by atoms with Crippen molar-refractivity contribution in [2.45, 2.75) is 45.1 Å². The molecule has 3 N–H and O–H groups in total. The van der Waals surface area contributed by atoms with Crippen molar-refractivity contribution in [3.05, 3.63) is 36.4 Å². The molecule has 2 aliphatic rings. The van der Waals surface area contributed by atoms with Crippen molar-refractivity contribution >= 4 is 11.6 Å². The van der Waals surface area contributed by atoms with E-state index in [9.17, 15) is 4.79 Å². The third-order valence-corrected chi connectivity index (χ3v) is 5.89. The van der Waals surface area contributed by atoms with E-state index in [0.29, 0.717) is 11.8 Å². The van der Waals surface area contributed by atoms with Crippen LogP contribution in [0.25, 0.3) is 5.69 Å². The molecule has 2 bridgehead atoms. The highest BCUT2D eigenvalue weighted by Crippen LogP contribution is 2.42. The van der Waals surface area contributed by atoms with Gasteiger partial charge in [-0.25, -0.2) is 0 Å². The average Bonchev–Trinajstić information content (AvgIpc) is 3.01. The van der Waals surface area contributed by atoms with Crippen molar-refractivity contribution in [3.8, 4) is 5.69 Å². The third kappa shape index (κ3) is 3.18. The van der Waals surface area contributed by atoms with Gasteiger partial charge in [-0.3, -0.25) is 9.36 Å². The molecule has 0 saturated heterocycles. The van der Waals surface area contributed by atoms with E-state index in [2.05, 4.69) is 15.5 Å². The summed E-state index contributed by atoms with van der Waals surface area (Å²) in [5, 5.41) is 11.0. The zero-order valence-corrected chi connectivity index (χ0v) is 14.6. The number of anilines is 1. The number of aromatic nitrogens is 3. The Hall–Kier alpha value is -2.21.